The quantitative estimate of drug-likeness (QED) is 0.426. The summed E-state index contributed by atoms with van der Waals surface area (Å²) in [5, 5.41) is 0. The lowest BCUT2D eigenvalue weighted by atomic mass is 10.3. The van der Waals surface area contributed by atoms with Crippen molar-refractivity contribution in [3.05, 3.63) is 12.3 Å². The van der Waals surface area contributed by atoms with Gasteiger partial charge >= 0.3 is 8.80 Å². The molecule has 114 valence electrons. The van der Waals surface area contributed by atoms with Crippen LogP contribution in [0.25, 0.3) is 0 Å². The van der Waals surface area contributed by atoms with Crippen molar-refractivity contribution in [3.8, 4) is 0 Å². The second kappa shape index (κ2) is 10.5. The smallest absolute Gasteiger partial charge is 0.374 e. The minimum atomic E-state index is -2.61. The zero-order chi connectivity index (χ0) is 14.7. The van der Waals surface area contributed by atoms with Crippen molar-refractivity contribution in [1.29, 1.82) is 0 Å². The van der Waals surface area contributed by atoms with Gasteiger partial charge in [-0.15, -0.1) is 0 Å². The Hall–Kier alpha value is -0.253. The Morgan fingerprint density at radius 1 is 1.21 bits per heavy atom. The average molecular weight is 311 g/mol. The van der Waals surface area contributed by atoms with E-state index in [1.165, 1.54) is 0 Å². The van der Waals surface area contributed by atoms with E-state index in [4.69, 9.17) is 17.8 Å². The van der Waals surface area contributed by atoms with Gasteiger partial charge < -0.3 is 13.3 Å². The monoisotopic (exact) mass is 311 g/mol. The Kier molecular flexibility index (Phi) is 10.4. The van der Waals surface area contributed by atoms with Crippen LogP contribution in [0.2, 0.25) is 6.04 Å². The van der Waals surface area contributed by atoms with Gasteiger partial charge in [0.2, 0.25) is 0 Å². The van der Waals surface area contributed by atoms with Crippen molar-refractivity contribution in [3.63, 3.8) is 0 Å². The summed E-state index contributed by atoms with van der Waals surface area (Å²) in [6, 6.07) is 0.668. The normalized spacial score (nSPS) is 13.3. The minimum Gasteiger partial charge on any atom is -0.374 e. The molecule has 0 saturated heterocycles. The summed E-state index contributed by atoms with van der Waals surface area (Å²) in [4.78, 5) is 0. The molecule has 0 aliphatic rings. The van der Waals surface area contributed by atoms with Gasteiger partial charge in [-0.25, -0.2) is 4.21 Å². The van der Waals surface area contributed by atoms with E-state index in [9.17, 15) is 4.21 Å². The van der Waals surface area contributed by atoms with Crippen LogP contribution in [0.1, 0.15) is 33.6 Å². The molecular weight excluding hydrogens is 286 g/mol. The average Bonchev–Trinajstić information content (AvgIpc) is 2.28. The SMILES string of the molecule is C=C(CCC[Si](OCC)(OCC)OCC)NS(=O)O. The maximum atomic E-state index is 10.6. The van der Waals surface area contributed by atoms with Crippen molar-refractivity contribution in [2.24, 2.45) is 0 Å². The molecule has 0 spiro atoms. The maximum absolute atomic E-state index is 10.6. The highest BCUT2D eigenvalue weighted by atomic mass is 32.2. The molecule has 0 rings (SSSR count). The highest BCUT2D eigenvalue weighted by Crippen LogP contribution is 2.20. The second-order valence-corrected chi connectivity index (χ2v) is 7.22. The van der Waals surface area contributed by atoms with Crippen LogP contribution in [0.4, 0.5) is 0 Å². The Labute approximate surface area is 119 Å². The lowest BCUT2D eigenvalue weighted by molar-refractivity contribution is 0.0708. The Morgan fingerprint density at radius 2 is 1.68 bits per heavy atom. The molecule has 1 unspecified atom stereocenters. The fourth-order valence-corrected chi connectivity index (χ4v) is 4.66. The van der Waals surface area contributed by atoms with E-state index in [1.807, 2.05) is 20.8 Å². The highest BCUT2D eigenvalue weighted by Gasteiger charge is 2.39. The molecule has 1 atom stereocenters. The van der Waals surface area contributed by atoms with Gasteiger partial charge in [0.25, 0.3) is 11.3 Å². The zero-order valence-corrected chi connectivity index (χ0v) is 13.8. The number of allylic oxidation sites excluding steroid dienone is 1. The zero-order valence-electron chi connectivity index (χ0n) is 11.9. The number of nitrogens with one attached hydrogen (secondary N) is 1. The predicted octanol–water partition coefficient (Wildman–Crippen LogP) is 2.05. The number of rotatable bonds is 12. The summed E-state index contributed by atoms with van der Waals surface area (Å²) < 4.78 is 38.7. The fourth-order valence-electron chi connectivity index (χ4n) is 1.69. The topological polar surface area (TPSA) is 77.0 Å². The molecule has 0 heterocycles. The van der Waals surface area contributed by atoms with Crippen LogP contribution in [0.5, 0.6) is 0 Å². The fraction of sp³-hybridized carbons (Fsp3) is 0.818. The van der Waals surface area contributed by atoms with Gasteiger partial charge in [-0.2, -0.15) is 0 Å². The van der Waals surface area contributed by atoms with E-state index >= 15 is 0 Å². The van der Waals surface area contributed by atoms with E-state index in [-0.39, 0.29) is 0 Å². The van der Waals surface area contributed by atoms with Gasteiger partial charge in [-0.05, 0) is 33.6 Å². The van der Waals surface area contributed by atoms with Gasteiger partial charge in [0.05, 0.1) is 0 Å². The molecule has 0 bridgehead atoms. The standard InChI is InChI=1S/C11H25NO5SSi/c1-5-15-19(16-6-2,17-7-3)10-8-9-11(4)12-18(13)14/h12H,4-10H2,1-3H3,(H,13,14). The van der Waals surface area contributed by atoms with Crippen molar-refractivity contribution in [2.45, 2.75) is 39.7 Å². The Bertz CT molecular complexity index is 273. The molecule has 2 N–H and O–H groups in total. The summed E-state index contributed by atoms with van der Waals surface area (Å²) in [7, 11) is -2.61. The first-order chi connectivity index (χ1) is 8.99. The first kappa shape index (κ1) is 18.7. The molecule has 0 aliphatic carbocycles. The molecule has 0 amide bonds. The van der Waals surface area contributed by atoms with Crippen LogP contribution < -0.4 is 4.72 Å². The number of hydrogen-bond donors (Lipinski definition) is 2. The molecule has 0 aromatic heterocycles. The Morgan fingerprint density at radius 3 is 2.05 bits per heavy atom. The van der Waals surface area contributed by atoms with Crippen LogP contribution in [0.3, 0.4) is 0 Å². The van der Waals surface area contributed by atoms with Gasteiger partial charge in [-0.3, -0.25) is 9.27 Å². The summed E-state index contributed by atoms with van der Waals surface area (Å²) in [6.45, 7) is 11.1. The minimum absolute atomic E-state index is 0.522. The molecule has 0 radical (unpaired) electrons. The predicted molar refractivity (Wildman–Crippen MR) is 77.7 cm³/mol. The molecule has 0 fully saturated rings. The third-order valence-corrected chi connectivity index (χ3v) is 5.90. The van der Waals surface area contributed by atoms with Crippen LogP contribution in [0, 0.1) is 0 Å². The van der Waals surface area contributed by atoms with Crippen LogP contribution in [-0.4, -0.2) is 37.4 Å². The van der Waals surface area contributed by atoms with E-state index < -0.39 is 20.1 Å². The van der Waals surface area contributed by atoms with E-state index in [0.717, 1.165) is 6.42 Å². The van der Waals surface area contributed by atoms with Gasteiger partial charge in [0, 0.05) is 31.6 Å². The van der Waals surface area contributed by atoms with Crippen LogP contribution >= 0.6 is 0 Å². The van der Waals surface area contributed by atoms with Crippen molar-refractivity contribution in [1.82, 2.24) is 4.72 Å². The van der Waals surface area contributed by atoms with Crippen molar-refractivity contribution in [2.75, 3.05) is 19.8 Å². The van der Waals surface area contributed by atoms with Gasteiger partial charge in [0.1, 0.15) is 0 Å². The highest BCUT2D eigenvalue weighted by molar-refractivity contribution is 7.77. The van der Waals surface area contributed by atoms with E-state index in [2.05, 4.69) is 11.3 Å². The largest absolute Gasteiger partial charge is 0.500 e. The van der Waals surface area contributed by atoms with Crippen LogP contribution in [0.15, 0.2) is 12.3 Å². The molecule has 0 saturated carbocycles. The van der Waals surface area contributed by atoms with Gasteiger partial charge in [-0.1, -0.05) is 6.58 Å². The molecular formula is C11H25NO5SSi. The van der Waals surface area contributed by atoms with E-state index in [0.29, 0.717) is 38.0 Å². The lowest BCUT2D eigenvalue weighted by Crippen LogP contribution is -2.45. The summed E-state index contributed by atoms with van der Waals surface area (Å²) >= 11 is -2.06. The maximum Gasteiger partial charge on any atom is 0.500 e. The first-order valence-corrected chi connectivity index (χ1v) is 9.50. The first-order valence-electron chi connectivity index (χ1n) is 6.46. The number of hydrogen-bond acceptors (Lipinski definition) is 4. The third kappa shape index (κ3) is 8.50. The molecule has 8 heteroatoms. The third-order valence-electron chi connectivity index (χ3n) is 2.29. The van der Waals surface area contributed by atoms with E-state index in [1.54, 1.807) is 0 Å². The molecule has 6 nitrogen and oxygen atoms in total. The Balaban J connectivity index is 4.31. The lowest BCUT2D eigenvalue weighted by Gasteiger charge is -2.28. The van der Waals surface area contributed by atoms with Crippen LogP contribution in [-0.2, 0) is 24.5 Å². The summed E-state index contributed by atoms with van der Waals surface area (Å²) in [5.74, 6) is 0. The summed E-state index contributed by atoms with van der Waals surface area (Å²) in [6.07, 6.45) is 1.31. The summed E-state index contributed by atoms with van der Waals surface area (Å²) in [5.41, 5.74) is 0.522. The van der Waals surface area contributed by atoms with Crippen molar-refractivity contribution < 1.29 is 22.0 Å². The molecule has 19 heavy (non-hydrogen) atoms. The molecule has 0 aliphatic heterocycles. The van der Waals surface area contributed by atoms with Gasteiger partial charge in [0.15, 0.2) is 0 Å². The molecule has 0 aromatic carbocycles. The van der Waals surface area contributed by atoms with Crippen molar-refractivity contribution >= 4 is 20.1 Å². The second-order valence-electron chi connectivity index (χ2n) is 3.79. The molecule has 0 aromatic rings.